The van der Waals surface area contributed by atoms with E-state index in [1.807, 2.05) is 10.9 Å². The van der Waals surface area contributed by atoms with E-state index in [0.29, 0.717) is 34.7 Å². The van der Waals surface area contributed by atoms with Gasteiger partial charge >= 0.3 is 0 Å². The number of fused-ring (bicyclic) bond motifs is 1. The average molecular weight is 407 g/mol. The largest absolute Gasteiger partial charge is 0.495 e. The lowest BCUT2D eigenvalue weighted by Gasteiger charge is -2.25. The minimum atomic E-state index is -0.187. The Balaban J connectivity index is 1.37. The van der Waals surface area contributed by atoms with Crippen molar-refractivity contribution in [1.29, 1.82) is 0 Å². The van der Waals surface area contributed by atoms with Crippen molar-refractivity contribution in [1.82, 2.24) is 39.7 Å². The lowest BCUT2D eigenvalue weighted by atomic mass is 9.93. The van der Waals surface area contributed by atoms with Gasteiger partial charge in [-0.15, -0.1) is 5.10 Å². The Morgan fingerprint density at radius 3 is 2.73 bits per heavy atom. The van der Waals surface area contributed by atoms with Gasteiger partial charge in [0.25, 0.3) is 0 Å². The molecular formula is C19H21N9O2. The van der Waals surface area contributed by atoms with Gasteiger partial charge in [0.1, 0.15) is 5.75 Å². The van der Waals surface area contributed by atoms with Crippen molar-refractivity contribution in [3.8, 4) is 11.6 Å². The first-order chi connectivity index (χ1) is 14.7. The van der Waals surface area contributed by atoms with Crippen LogP contribution in [0, 0.1) is 0 Å². The van der Waals surface area contributed by atoms with Gasteiger partial charge in [-0.25, -0.2) is 9.97 Å². The third-order valence-electron chi connectivity index (χ3n) is 5.26. The van der Waals surface area contributed by atoms with Gasteiger partial charge in [-0.3, -0.25) is 4.68 Å². The molecule has 0 unspecified atom stereocenters. The van der Waals surface area contributed by atoms with Crippen LogP contribution in [0.15, 0.2) is 36.9 Å². The van der Waals surface area contributed by atoms with Gasteiger partial charge in [-0.05, 0) is 37.8 Å². The molecule has 0 amide bonds. The zero-order chi connectivity index (χ0) is 20.5. The molecule has 154 valence electrons. The highest BCUT2D eigenvalue weighted by Crippen LogP contribution is 2.29. The van der Waals surface area contributed by atoms with Gasteiger partial charge in [-0.1, -0.05) is 5.21 Å². The Bertz CT molecular complexity index is 1150. The van der Waals surface area contributed by atoms with Gasteiger partial charge in [0.15, 0.2) is 17.0 Å². The van der Waals surface area contributed by atoms with E-state index in [1.165, 1.54) is 0 Å². The lowest BCUT2D eigenvalue weighted by molar-refractivity contribution is 0.108. The molecule has 5 rings (SSSR count). The Kier molecular flexibility index (Phi) is 4.71. The first-order valence-electron chi connectivity index (χ1n) is 9.78. The number of nitrogens with zero attached hydrogens (tertiary/aromatic N) is 8. The Labute approximate surface area is 171 Å². The number of methoxy groups -OCH3 is 1. The van der Waals surface area contributed by atoms with E-state index in [0.717, 1.165) is 31.4 Å². The fraction of sp³-hybridized carbons (Fsp3) is 0.368. The van der Waals surface area contributed by atoms with Crippen LogP contribution < -0.4 is 10.1 Å². The number of ether oxygens (including phenoxy) is 1. The lowest BCUT2D eigenvalue weighted by Crippen LogP contribution is -2.21. The Morgan fingerprint density at radius 2 is 1.97 bits per heavy atom. The van der Waals surface area contributed by atoms with Crippen LogP contribution in [0.25, 0.3) is 17.0 Å². The normalized spacial score (nSPS) is 19.1. The van der Waals surface area contributed by atoms with E-state index < -0.39 is 0 Å². The van der Waals surface area contributed by atoms with Crippen LogP contribution in [-0.4, -0.2) is 58.0 Å². The maximum Gasteiger partial charge on any atom is 0.229 e. The molecule has 1 aliphatic rings. The Morgan fingerprint density at radius 1 is 1.10 bits per heavy atom. The number of aliphatic hydroxyl groups excluding tert-OH is 1. The first kappa shape index (κ1) is 18.4. The summed E-state index contributed by atoms with van der Waals surface area (Å²) in [6, 6.07) is 3.89. The van der Waals surface area contributed by atoms with E-state index >= 15 is 0 Å². The third-order valence-corrected chi connectivity index (χ3v) is 5.26. The van der Waals surface area contributed by atoms with Gasteiger partial charge in [0.2, 0.25) is 5.95 Å². The first-order valence-corrected chi connectivity index (χ1v) is 9.78. The second-order valence-corrected chi connectivity index (χ2v) is 7.26. The van der Waals surface area contributed by atoms with Crippen molar-refractivity contribution in [3.05, 3.63) is 36.9 Å². The summed E-state index contributed by atoms with van der Waals surface area (Å²) < 4.78 is 8.64. The monoisotopic (exact) mass is 407 g/mol. The van der Waals surface area contributed by atoms with Crippen LogP contribution in [0.1, 0.15) is 31.7 Å². The fourth-order valence-electron chi connectivity index (χ4n) is 3.62. The van der Waals surface area contributed by atoms with Crippen LogP contribution in [0.2, 0.25) is 0 Å². The molecule has 4 aromatic heterocycles. The molecule has 0 saturated heterocycles. The van der Waals surface area contributed by atoms with Crippen molar-refractivity contribution in [3.63, 3.8) is 0 Å². The highest BCUT2D eigenvalue weighted by atomic mass is 16.5. The third kappa shape index (κ3) is 3.54. The van der Waals surface area contributed by atoms with E-state index in [-0.39, 0.29) is 6.10 Å². The van der Waals surface area contributed by atoms with E-state index in [4.69, 9.17) is 4.74 Å². The standard InChI is InChI=1S/C19H21N9O2/c1-30-15-6-7-17(20-9-15)28-18-16(25-26-28)10-21-19(24-18)23-12-8-22-27(11-12)13-2-4-14(29)5-3-13/h6-11,13-14,29H,2-5H2,1H3,(H,21,23,24). The van der Waals surface area contributed by atoms with Crippen LogP contribution >= 0.6 is 0 Å². The van der Waals surface area contributed by atoms with Gasteiger partial charge in [0, 0.05) is 6.20 Å². The second kappa shape index (κ2) is 7.67. The van der Waals surface area contributed by atoms with Crippen molar-refractivity contribution in [2.45, 2.75) is 37.8 Å². The van der Waals surface area contributed by atoms with Crippen molar-refractivity contribution >= 4 is 22.8 Å². The molecule has 1 saturated carbocycles. The number of pyridine rings is 1. The molecule has 2 N–H and O–H groups in total. The smallest absolute Gasteiger partial charge is 0.229 e. The number of hydrogen-bond acceptors (Lipinski definition) is 9. The van der Waals surface area contributed by atoms with Gasteiger partial charge < -0.3 is 15.2 Å². The number of aromatic nitrogens is 8. The van der Waals surface area contributed by atoms with Gasteiger partial charge in [0.05, 0.1) is 43.5 Å². The zero-order valence-corrected chi connectivity index (χ0v) is 16.4. The van der Waals surface area contributed by atoms with E-state index in [1.54, 1.807) is 42.5 Å². The van der Waals surface area contributed by atoms with Crippen LogP contribution in [-0.2, 0) is 0 Å². The molecule has 0 bridgehead atoms. The molecule has 4 aromatic rings. The minimum absolute atomic E-state index is 0.187. The SMILES string of the molecule is COc1ccc(-n2nnc3cnc(Nc4cnn(C5CCC(O)CC5)c4)nc32)nc1. The van der Waals surface area contributed by atoms with Crippen molar-refractivity contribution in [2.75, 3.05) is 12.4 Å². The summed E-state index contributed by atoms with van der Waals surface area (Å²) in [5, 5.41) is 25.6. The molecule has 1 aliphatic carbocycles. The predicted molar refractivity (Wildman–Crippen MR) is 108 cm³/mol. The summed E-state index contributed by atoms with van der Waals surface area (Å²) >= 11 is 0. The number of anilines is 2. The molecular weight excluding hydrogens is 386 g/mol. The van der Waals surface area contributed by atoms with Crippen molar-refractivity contribution < 1.29 is 9.84 Å². The molecule has 0 radical (unpaired) electrons. The predicted octanol–water partition coefficient (Wildman–Crippen LogP) is 2.03. The molecule has 0 spiro atoms. The van der Waals surface area contributed by atoms with E-state index in [9.17, 15) is 5.11 Å². The number of aliphatic hydroxyl groups is 1. The molecule has 11 nitrogen and oxygen atoms in total. The summed E-state index contributed by atoms with van der Waals surface area (Å²) in [4.78, 5) is 13.2. The minimum Gasteiger partial charge on any atom is -0.495 e. The zero-order valence-electron chi connectivity index (χ0n) is 16.4. The quantitative estimate of drug-likeness (QED) is 0.510. The summed E-state index contributed by atoms with van der Waals surface area (Å²) in [5.41, 5.74) is 1.90. The summed E-state index contributed by atoms with van der Waals surface area (Å²) in [6.45, 7) is 0. The van der Waals surface area contributed by atoms with Crippen molar-refractivity contribution in [2.24, 2.45) is 0 Å². The molecule has 0 aliphatic heterocycles. The highest BCUT2D eigenvalue weighted by Gasteiger charge is 2.21. The van der Waals surface area contributed by atoms with E-state index in [2.05, 4.69) is 35.7 Å². The number of hydrogen-bond donors (Lipinski definition) is 2. The second-order valence-electron chi connectivity index (χ2n) is 7.26. The molecule has 30 heavy (non-hydrogen) atoms. The number of nitrogens with one attached hydrogen (secondary N) is 1. The summed E-state index contributed by atoms with van der Waals surface area (Å²) in [7, 11) is 1.59. The number of rotatable bonds is 5. The van der Waals surface area contributed by atoms with Crippen LogP contribution in [0.4, 0.5) is 11.6 Å². The molecule has 11 heteroatoms. The average Bonchev–Trinajstić information content (AvgIpc) is 3.41. The molecule has 0 atom stereocenters. The molecule has 1 fully saturated rings. The molecule has 4 heterocycles. The maximum atomic E-state index is 9.69. The van der Waals surface area contributed by atoms with Gasteiger partial charge in [-0.2, -0.15) is 14.8 Å². The van der Waals surface area contributed by atoms with Crippen LogP contribution in [0.5, 0.6) is 5.75 Å². The summed E-state index contributed by atoms with van der Waals surface area (Å²) in [5.74, 6) is 1.65. The highest BCUT2D eigenvalue weighted by molar-refractivity contribution is 5.72. The summed E-state index contributed by atoms with van der Waals surface area (Å²) in [6.07, 6.45) is 10.2. The van der Waals surface area contributed by atoms with Crippen LogP contribution in [0.3, 0.4) is 0 Å². The fourth-order valence-corrected chi connectivity index (χ4v) is 3.62. The Hall–Kier alpha value is -3.60. The maximum absolute atomic E-state index is 9.69. The topological polar surface area (TPSA) is 129 Å². The molecule has 0 aromatic carbocycles.